The second-order valence-electron chi connectivity index (χ2n) is 7.35. The summed E-state index contributed by atoms with van der Waals surface area (Å²) in [4.78, 5) is 9.03. The molecule has 0 saturated heterocycles. The van der Waals surface area contributed by atoms with E-state index in [9.17, 15) is 0 Å². The van der Waals surface area contributed by atoms with Crippen LogP contribution in [-0.4, -0.2) is 9.97 Å². The van der Waals surface area contributed by atoms with Gasteiger partial charge in [-0.2, -0.15) is 0 Å². The highest BCUT2D eigenvalue weighted by molar-refractivity contribution is 5.56. The largest absolute Gasteiger partial charge is 0.255 e. The summed E-state index contributed by atoms with van der Waals surface area (Å²) in [7, 11) is 0. The van der Waals surface area contributed by atoms with E-state index in [2.05, 4.69) is 75.8 Å². The third-order valence-corrected chi connectivity index (χ3v) is 4.31. The zero-order valence-electron chi connectivity index (χ0n) is 14.1. The van der Waals surface area contributed by atoms with E-state index in [4.69, 9.17) is 0 Å². The Morgan fingerprint density at radius 2 is 1.29 bits per heavy atom. The van der Waals surface area contributed by atoms with E-state index in [-0.39, 0.29) is 10.8 Å². The van der Waals surface area contributed by atoms with Crippen LogP contribution in [0.15, 0.2) is 36.7 Å². The Balaban J connectivity index is 2.46. The summed E-state index contributed by atoms with van der Waals surface area (Å²) in [6.45, 7) is 13.4. The molecule has 2 heterocycles. The highest BCUT2D eigenvalue weighted by atomic mass is 14.8. The Bertz CT molecular complexity index is 621. The first-order chi connectivity index (χ1) is 9.74. The standard InChI is InChI=1S/C19H26N2/c1-7-19(5,6)15-9-11-21-17(13-15)16-12-14(8-10-20-16)18(2,3)4/h8-13H,7H2,1-6H3. The Labute approximate surface area is 128 Å². The summed E-state index contributed by atoms with van der Waals surface area (Å²) < 4.78 is 0. The summed E-state index contributed by atoms with van der Waals surface area (Å²) in [5, 5.41) is 0. The SMILES string of the molecule is CCC(C)(C)c1ccnc(-c2cc(C(C)(C)C)ccn2)c1. The molecule has 0 aliphatic carbocycles. The molecule has 0 radical (unpaired) electrons. The van der Waals surface area contributed by atoms with Gasteiger partial charge in [0.25, 0.3) is 0 Å². The highest BCUT2D eigenvalue weighted by Crippen LogP contribution is 2.30. The van der Waals surface area contributed by atoms with Gasteiger partial charge < -0.3 is 0 Å². The molecular weight excluding hydrogens is 256 g/mol. The monoisotopic (exact) mass is 282 g/mol. The molecule has 0 atom stereocenters. The molecule has 2 aromatic rings. The van der Waals surface area contributed by atoms with Crippen molar-refractivity contribution in [1.82, 2.24) is 9.97 Å². The van der Waals surface area contributed by atoms with Gasteiger partial charge in [0.05, 0.1) is 11.4 Å². The molecule has 0 fully saturated rings. The van der Waals surface area contributed by atoms with Crippen LogP contribution in [-0.2, 0) is 10.8 Å². The van der Waals surface area contributed by atoms with E-state index in [1.54, 1.807) is 0 Å². The quantitative estimate of drug-likeness (QED) is 0.780. The van der Waals surface area contributed by atoms with E-state index in [1.807, 2.05) is 12.4 Å². The molecule has 21 heavy (non-hydrogen) atoms. The second-order valence-corrected chi connectivity index (χ2v) is 7.35. The predicted octanol–water partition coefficient (Wildman–Crippen LogP) is 5.13. The van der Waals surface area contributed by atoms with Crippen molar-refractivity contribution in [2.24, 2.45) is 0 Å². The first kappa shape index (κ1) is 15.7. The van der Waals surface area contributed by atoms with Crippen LogP contribution in [0.25, 0.3) is 11.4 Å². The maximum atomic E-state index is 4.52. The van der Waals surface area contributed by atoms with Gasteiger partial charge in [-0.15, -0.1) is 0 Å². The fourth-order valence-corrected chi connectivity index (χ4v) is 2.23. The summed E-state index contributed by atoms with van der Waals surface area (Å²) in [5.74, 6) is 0. The average Bonchev–Trinajstić information content (AvgIpc) is 2.47. The minimum atomic E-state index is 0.123. The van der Waals surface area contributed by atoms with E-state index in [1.165, 1.54) is 11.1 Å². The van der Waals surface area contributed by atoms with Crippen LogP contribution in [0.1, 0.15) is 59.1 Å². The van der Waals surface area contributed by atoms with Gasteiger partial charge in [0.15, 0.2) is 0 Å². The number of pyridine rings is 2. The summed E-state index contributed by atoms with van der Waals surface area (Å²) in [6.07, 6.45) is 4.88. The van der Waals surface area contributed by atoms with E-state index >= 15 is 0 Å². The lowest BCUT2D eigenvalue weighted by atomic mass is 9.82. The molecule has 0 unspecified atom stereocenters. The Kier molecular flexibility index (Phi) is 4.18. The van der Waals surface area contributed by atoms with Gasteiger partial charge in [-0.05, 0) is 52.6 Å². The Hall–Kier alpha value is -1.70. The molecule has 2 rings (SSSR count). The van der Waals surface area contributed by atoms with Gasteiger partial charge in [-0.3, -0.25) is 9.97 Å². The Morgan fingerprint density at radius 1 is 0.810 bits per heavy atom. The summed E-state index contributed by atoms with van der Waals surface area (Å²) >= 11 is 0. The second kappa shape index (κ2) is 5.59. The molecule has 2 aromatic heterocycles. The fourth-order valence-electron chi connectivity index (χ4n) is 2.23. The fraction of sp³-hybridized carbons (Fsp3) is 0.474. The number of hydrogen-bond acceptors (Lipinski definition) is 2. The van der Waals surface area contributed by atoms with E-state index < -0.39 is 0 Å². The molecule has 0 aromatic carbocycles. The van der Waals surface area contributed by atoms with Crippen molar-refractivity contribution < 1.29 is 0 Å². The van der Waals surface area contributed by atoms with Gasteiger partial charge in [0, 0.05) is 12.4 Å². The molecule has 0 aliphatic heterocycles. The molecule has 0 N–H and O–H groups in total. The highest BCUT2D eigenvalue weighted by Gasteiger charge is 2.19. The average molecular weight is 282 g/mol. The van der Waals surface area contributed by atoms with Crippen molar-refractivity contribution in [3.05, 3.63) is 47.8 Å². The first-order valence-electron chi connectivity index (χ1n) is 7.67. The first-order valence-corrected chi connectivity index (χ1v) is 7.67. The molecule has 112 valence electrons. The van der Waals surface area contributed by atoms with Crippen LogP contribution >= 0.6 is 0 Å². The molecule has 0 aliphatic rings. The smallest absolute Gasteiger partial charge is 0.0889 e. The maximum absolute atomic E-state index is 4.52. The van der Waals surface area contributed by atoms with Crippen LogP contribution in [0.5, 0.6) is 0 Å². The minimum absolute atomic E-state index is 0.123. The van der Waals surface area contributed by atoms with Crippen molar-refractivity contribution >= 4 is 0 Å². The van der Waals surface area contributed by atoms with Crippen LogP contribution in [0.3, 0.4) is 0 Å². The number of nitrogens with zero attached hydrogens (tertiary/aromatic N) is 2. The summed E-state index contributed by atoms with van der Waals surface area (Å²) in [6, 6.07) is 8.53. The van der Waals surface area contributed by atoms with Gasteiger partial charge in [0.2, 0.25) is 0 Å². The summed E-state index contributed by atoms with van der Waals surface area (Å²) in [5.41, 5.74) is 4.81. The number of hydrogen-bond donors (Lipinski definition) is 0. The maximum Gasteiger partial charge on any atom is 0.0889 e. The van der Waals surface area contributed by atoms with Crippen molar-refractivity contribution in [2.45, 2.75) is 58.8 Å². The van der Waals surface area contributed by atoms with Crippen molar-refractivity contribution in [1.29, 1.82) is 0 Å². The molecule has 0 spiro atoms. The van der Waals surface area contributed by atoms with Crippen LogP contribution in [0.4, 0.5) is 0 Å². The van der Waals surface area contributed by atoms with Crippen LogP contribution in [0, 0.1) is 0 Å². The lowest BCUT2D eigenvalue weighted by Gasteiger charge is -2.23. The van der Waals surface area contributed by atoms with E-state index in [0.717, 1.165) is 17.8 Å². The van der Waals surface area contributed by atoms with Crippen LogP contribution < -0.4 is 0 Å². The molecular formula is C19H26N2. The Morgan fingerprint density at radius 3 is 1.76 bits per heavy atom. The van der Waals surface area contributed by atoms with Crippen LogP contribution in [0.2, 0.25) is 0 Å². The number of aromatic nitrogens is 2. The molecule has 2 heteroatoms. The number of rotatable bonds is 3. The van der Waals surface area contributed by atoms with Crippen molar-refractivity contribution in [3.8, 4) is 11.4 Å². The van der Waals surface area contributed by atoms with Gasteiger partial charge >= 0.3 is 0 Å². The molecule has 0 bridgehead atoms. The molecule has 2 nitrogen and oxygen atoms in total. The van der Waals surface area contributed by atoms with Crippen molar-refractivity contribution in [2.75, 3.05) is 0 Å². The lowest BCUT2D eigenvalue weighted by Crippen LogP contribution is -2.15. The molecule has 0 amide bonds. The van der Waals surface area contributed by atoms with E-state index in [0.29, 0.717) is 0 Å². The lowest BCUT2D eigenvalue weighted by molar-refractivity contribution is 0.506. The third-order valence-electron chi connectivity index (χ3n) is 4.31. The zero-order valence-corrected chi connectivity index (χ0v) is 14.1. The third kappa shape index (κ3) is 3.49. The normalized spacial score (nSPS) is 12.5. The zero-order chi connectivity index (χ0) is 15.7. The van der Waals surface area contributed by atoms with Gasteiger partial charge in [0.1, 0.15) is 0 Å². The topological polar surface area (TPSA) is 25.8 Å². The predicted molar refractivity (Wildman–Crippen MR) is 89.5 cm³/mol. The van der Waals surface area contributed by atoms with Crippen molar-refractivity contribution in [3.63, 3.8) is 0 Å². The minimum Gasteiger partial charge on any atom is -0.255 e. The molecule has 0 saturated carbocycles. The van der Waals surface area contributed by atoms with Gasteiger partial charge in [-0.25, -0.2) is 0 Å². The van der Waals surface area contributed by atoms with Gasteiger partial charge in [-0.1, -0.05) is 41.5 Å².